The van der Waals surface area contributed by atoms with E-state index in [1.807, 2.05) is 0 Å². The lowest BCUT2D eigenvalue weighted by Crippen LogP contribution is -2.27. The number of carbonyl (C=O) groups is 1. The van der Waals surface area contributed by atoms with Crippen molar-refractivity contribution in [3.05, 3.63) is 30.1 Å². The van der Waals surface area contributed by atoms with Gasteiger partial charge in [0.15, 0.2) is 0 Å². The molecule has 0 spiro atoms. The smallest absolute Gasteiger partial charge is 0.407 e. The third-order valence-electron chi connectivity index (χ3n) is 2.97. The number of likely N-dealkylation sites (tertiary alicyclic amines) is 1. The molecule has 1 aliphatic rings. The van der Waals surface area contributed by atoms with E-state index in [0.29, 0.717) is 19.5 Å². The lowest BCUT2D eigenvalue weighted by atomic mass is 9.96. The number of aliphatic hydroxyl groups excluding tert-OH is 1. The van der Waals surface area contributed by atoms with Gasteiger partial charge in [0, 0.05) is 31.4 Å². The Morgan fingerprint density at radius 3 is 3.00 bits per heavy atom. The molecule has 0 aromatic carbocycles. The van der Waals surface area contributed by atoms with Crippen LogP contribution in [0.15, 0.2) is 24.5 Å². The zero-order chi connectivity index (χ0) is 11.5. The Balaban J connectivity index is 2.02. The van der Waals surface area contributed by atoms with E-state index >= 15 is 0 Å². The maximum Gasteiger partial charge on any atom is 0.407 e. The molecule has 1 saturated heterocycles. The summed E-state index contributed by atoms with van der Waals surface area (Å²) in [5.41, 5.74) is 0.750. The summed E-state index contributed by atoms with van der Waals surface area (Å²) in [5.74, 6) is -0.0275. The van der Waals surface area contributed by atoms with Crippen molar-refractivity contribution in [1.29, 1.82) is 0 Å². The van der Waals surface area contributed by atoms with E-state index in [1.165, 1.54) is 4.90 Å². The van der Waals surface area contributed by atoms with Crippen LogP contribution >= 0.6 is 0 Å². The van der Waals surface area contributed by atoms with Gasteiger partial charge in [0.1, 0.15) is 0 Å². The molecule has 5 heteroatoms. The van der Waals surface area contributed by atoms with E-state index in [9.17, 15) is 9.90 Å². The standard InChI is InChI=1S/C11H14N2O3/c14-10(8-2-1-4-12-6-8)9-3-5-13(7-9)11(15)16/h1-2,4,6,9-10,14H,3,5,7H2,(H,15,16). The van der Waals surface area contributed by atoms with Gasteiger partial charge < -0.3 is 15.1 Å². The molecule has 0 saturated carbocycles. The average molecular weight is 222 g/mol. The van der Waals surface area contributed by atoms with Gasteiger partial charge in [-0.3, -0.25) is 4.98 Å². The molecule has 1 aliphatic heterocycles. The summed E-state index contributed by atoms with van der Waals surface area (Å²) in [6.45, 7) is 0.892. The number of nitrogens with zero attached hydrogens (tertiary/aromatic N) is 2. The molecular weight excluding hydrogens is 208 g/mol. The second-order valence-corrected chi connectivity index (χ2v) is 4.01. The molecule has 1 fully saturated rings. The van der Waals surface area contributed by atoms with Gasteiger partial charge in [0.05, 0.1) is 6.10 Å². The van der Waals surface area contributed by atoms with Gasteiger partial charge >= 0.3 is 6.09 Å². The second kappa shape index (κ2) is 4.49. The molecule has 16 heavy (non-hydrogen) atoms. The molecular formula is C11H14N2O3. The average Bonchev–Trinajstić information content (AvgIpc) is 2.78. The van der Waals surface area contributed by atoms with E-state index in [-0.39, 0.29) is 5.92 Å². The fraction of sp³-hybridized carbons (Fsp3) is 0.455. The van der Waals surface area contributed by atoms with Gasteiger partial charge in [-0.05, 0) is 18.1 Å². The fourth-order valence-electron chi connectivity index (χ4n) is 2.04. The molecule has 2 rings (SSSR count). The third-order valence-corrected chi connectivity index (χ3v) is 2.97. The minimum Gasteiger partial charge on any atom is -0.465 e. The first-order chi connectivity index (χ1) is 7.68. The van der Waals surface area contributed by atoms with Crippen LogP contribution in [0.5, 0.6) is 0 Å². The maximum absolute atomic E-state index is 10.7. The Bertz CT molecular complexity index is 369. The summed E-state index contributed by atoms with van der Waals surface area (Å²) >= 11 is 0. The molecule has 1 aromatic rings. The molecule has 2 N–H and O–H groups in total. The summed E-state index contributed by atoms with van der Waals surface area (Å²) in [7, 11) is 0. The number of amides is 1. The van der Waals surface area contributed by atoms with Crippen LogP contribution in [-0.2, 0) is 0 Å². The number of rotatable bonds is 2. The molecule has 0 radical (unpaired) electrons. The Morgan fingerprint density at radius 2 is 2.44 bits per heavy atom. The van der Waals surface area contributed by atoms with Crippen LogP contribution in [0.3, 0.4) is 0 Å². The highest BCUT2D eigenvalue weighted by Crippen LogP contribution is 2.29. The van der Waals surface area contributed by atoms with Gasteiger partial charge in [-0.2, -0.15) is 0 Å². The lowest BCUT2D eigenvalue weighted by molar-refractivity contribution is 0.107. The van der Waals surface area contributed by atoms with Crippen LogP contribution in [0.2, 0.25) is 0 Å². The van der Waals surface area contributed by atoms with Crippen LogP contribution in [0.4, 0.5) is 4.79 Å². The highest BCUT2D eigenvalue weighted by Gasteiger charge is 2.31. The molecule has 0 aliphatic carbocycles. The number of aliphatic hydroxyl groups is 1. The Hall–Kier alpha value is -1.62. The molecule has 2 atom stereocenters. The summed E-state index contributed by atoms with van der Waals surface area (Å²) in [6, 6.07) is 3.57. The number of carboxylic acid groups (broad SMARTS) is 1. The van der Waals surface area contributed by atoms with Crippen molar-refractivity contribution >= 4 is 6.09 Å². The normalized spacial score (nSPS) is 22.1. The van der Waals surface area contributed by atoms with Crippen molar-refractivity contribution in [2.75, 3.05) is 13.1 Å². The lowest BCUT2D eigenvalue weighted by Gasteiger charge is -2.18. The molecule has 1 aromatic heterocycles. The predicted octanol–water partition coefficient (Wildman–Crippen LogP) is 1.11. The minimum absolute atomic E-state index is 0.0275. The molecule has 0 bridgehead atoms. The van der Waals surface area contributed by atoms with E-state index in [0.717, 1.165) is 5.56 Å². The van der Waals surface area contributed by atoms with Gasteiger partial charge in [0.2, 0.25) is 0 Å². The summed E-state index contributed by atoms with van der Waals surface area (Å²) in [5, 5.41) is 18.9. The van der Waals surface area contributed by atoms with Crippen molar-refractivity contribution in [3.8, 4) is 0 Å². The topological polar surface area (TPSA) is 73.7 Å². The van der Waals surface area contributed by atoms with E-state index < -0.39 is 12.2 Å². The fourth-order valence-corrected chi connectivity index (χ4v) is 2.04. The first kappa shape index (κ1) is 10.9. The number of aromatic nitrogens is 1. The van der Waals surface area contributed by atoms with Crippen molar-refractivity contribution in [1.82, 2.24) is 9.88 Å². The van der Waals surface area contributed by atoms with Crippen molar-refractivity contribution in [2.45, 2.75) is 12.5 Å². The molecule has 1 amide bonds. The maximum atomic E-state index is 10.7. The third kappa shape index (κ3) is 2.14. The largest absolute Gasteiger partial charge is 0.465 e. The predicted molar refractivity (Wildman–Crippen MR) is 56.9 cm³/mol. The summed E-state index contributed by atoms with van der Waals surface area (Å²) < 4.78 is 0. The number of hydrogen-bond donors (Lipinski definition) is 2. The highest BCUT2D eigenvalue weighted by atomic mass is 16.4. The van der Waals surface area contributed by atoms with Crippen LogP contribution in [-0.4, -0.2) is 39.3 Å². The quantitative estimate of drug-likeness (QED) is 0.786. The Morgan fingerprint density at radius 1 is 1.62 bits per heavy atom. The van der Waals surface area contributed by atoms with Crippen molar-refractivity contribution in [2.24, 2.45) is 5.92 Å². The van der Waals surface area contributed by atoms with Crippen LogP contribution < -0.4 is 0 Å². The zero-order valence-corrected chi connectivity index (χ0v) is 8.78. The van der Waals surface area contributed by atoms with Crippen LogP contribution in [0.1, 0.15) is 18.1 Å². The second-order valence-electron chi connectivity index (χ2n) is 4.01. The SMILES string of the molecule is O=C(O)N1CCC(C(O)c2cccnc2)C1. The number of pyridine rings is 1. The van der Waals surface area contributed by atoms with E-state index in [2.05, 4.69) is 4.98 Å². The Labute approximate surface area is 93.3 Å². The van der Waals surface area contributed by atoms with Crippen LogP contribution in [0.25, 0.3) is 0 Å². The highest BCUT2D eigenvalue weighted by molar-refractivity contribution is 5.65. The van der Waals surface area contributed by atoms with E-state index in [1.54, 1.807) is 24.5 Å². The van der Waals surface area contributed by atoms with Gasteiger partial charge in [-0.25, -0.2) is 4.79 Å². The Kier molecular flexibility index (Phi) is 3.05. The van der Waals surface area contributed by atoms with E-state index in [4.69, 9.17) is 5.11 Å². The van der Waals surface area contributed by atoms with Gasteiger partial charge in [-0.1, -0.05) is 6.07 Å². The number of hydrogen-bond acceptors (Lipinski definition) is 3. The zero-order valence-electron chi connectivity index (χ0n) is 8.78. The molecule has 2 unspecified atom stereocenters. The molecule has 2 heterocycles. The van der Waals surface area contributed by atoms with Crippen LogP contribution in [0, 0.1) is 5.92 Å². The monoisotopic (exact) mass is 222 g/mol. The summed E-state index contributed by atoms with van der Waals surface area (Å²) in [4.78, 5) is 16.0. The summed E-state index contributed by atoms with van der Waals surface area (Å²) in [6.07, 6.45) is 2.42. The molecule has 86 valence electrons. The first-order valence-corrected chi connectivity index (χ1v) is 5.24. The van der Waals surface area contributed by atoms with Crippen molar-refractivity contribution in [3.63, 3.8) is 0 Å². The van der Waals surface area contributed by atoms with Crippen molar-refractivity contribution < 1.29 is 15.0 Å². The minimum atomic E-state index is -0.916. The molecule has 5 nitrogen and oxygen atoms in total. The first-order valence-electron chi connectivity index (χ1n) is 5.24. The van der Waals surface area contributed by atoms with Gasteiger partial charge in [0.25, 0.3) is 0 Å². The van der Waals surface area contributed by atoms with Gasteiger partial charge in [-0.15, -0.1) is 0 Å².